The maximum atomic E-state index is 13.4. The van der Waals surface area contributed by atoms with Crippen molar-refractivity contribution >= 4 is 11.8 Å². The van der Waals surface area contributed by atoms with Crippen molar-refractivity contribution in [2.75, 3.05) is 20.3 Å². The first-order chi connectivity index (χ1) is 16.1. The Morgan fingerprint density at radius 1 is 0.879 bits per heavy atom. The highest BCUT2D eigenvalue weighted by Gasteiger charge is 2.31. The number of para-hydroxylation sites is 1. The summed E-state index contributed by atoms with van der Waals surface area (Å²) in [5.41, 5.74) is 1.63. The second-order valence-corrected chi connectivity index (χ2v) is 7.58. The van der Waals surface area contributed by atoms with E-state index in [4.69, 9.17) is 9.47 Å². The van der Waals surface area contributed by atoms with E-state index in [1.54, 1.807) is 24.1 Å². The Morgan fingerprint density at radius 3 is 2.12 bits per heavy atom. The van der Waals surface area contributed by atoms with Crippen molar-refractivity contribution in [1.29, 1.82) is 0 Å². The molecule has 0 aliphatic heterocycles. The number of hydrogen-bond donors (Lipinski definition) is 1. The smallest absolute Gasteiger partial charge is 0.261 e. The molecule has 3 aromatic carbocycles. The fourth-order valence-electron chi connectivity index (χ4n) is 3.45. The lowest BCUT2D eigenvalue weighted by atomic mass is 10.0. The summed E-state index contributed by atoms with van der Waals surface area (Å²) in [6.45, 7) is 2.60. The van der Waals surface area contributed by atoms with Crippen LogP contribution in [0, 0.1) is 0 Å². The Kier molecular flexibility index (Phi) is 8.88. The molecule has 0 fully saturated rings. The van der Waals surface area contributed by atoms with Crippen LogP contribution in [0.1, 0.15) is 30.5 Å². The van der Waals surface area contributed by atoms with Gasteiger partial charge in [-0.1, -0.05) is 67.6 Å². The van der Waals surface area contributed by atoms with Crippen LogP contribution in [-0.2, 0) is 16.1 Å². The largest absolute Gasteiger partial charge is 0.497 e. The number of rotatable bonds is 11. The van der Waals surface area contributed by atoms with Crippen molar-refractivity contribution in [2.45, 2.75) is 25.9 Å². The summed E-state index contributed by atoms with van der Waals surface area (Å²) in [6, 6.07) is 25.2. The van der Waals surface area contributed by atoms with Crippen molar-refractivity contribution in [2.24, 2.45) is 0 Å². The fraction of sp³-hybridized carbons (Fsp3) is 0.259. The van der Waals surface area contributed by atoms with Crippen LogP contribution in [0.25, 0.3) is 0 Å². The highest BCUT2D eigenvalue weighted by Crippen LogP contribution is 2.25. The van der Waals surface area contributed by atoms with Crippen LogP contribution in [0.3, 0.4) is 0 Å². The van der Waals surface area contributed by atoms with Crippen LogP contribution < -0.4 is 14.8 Å². The van der Waals surface area contributed by atoms with Gasteiger partial charge in [0.05, 0.1) is 7.11 Å². The first-order valence-electron chi connectivity index (χ1n) is 11.0. The lowest BCUT2D eigenvalue weighted by Gasteiger charge is -2.31. The molecule has 33 heavy (non-hydrogen) atoms. The molecular weight excluding hydrogens is 416 g/mol. The second kappa shape index (κ2) is 12.3. The molecule has 0 spiro atoms. The summed E-state index contributed by atoms with van der Waals surface area (Å²) >= 11 is 0. The fourth-order valence-corrected chi connectivity index (χ4v) is 3.45. The van der Waals surface area contributed by atoms with Gasteiger partial charge in [-0.3, -0.25) is 9.59 Å². The molecule has 0 saturated heterocycles. The van der Waals surface area contributed by atoms with E-state index in [2.05, 4.69) is 5.32 Å². The SMILES string of the molecule is CCCNC(=O)[C@@H](c1ccccc1)N(Cc1ccc(OC)cc1)C(=O)COc1ccccc1. The van der Waals surface area contributed by atoms with Gasteiger partial charge in [-0.2, -0.15) is 0 Å². The standard InChI is InChI=1S/C27H30N2O4/c1-3-18-28-27(31)26(22-10-6-4-7-11-22)29(19-21-14-16-23(32-2)17-15-21)25(30)20-33-24-12-8-5-9-13-24/h4-17,26H,3,18-20H2,1-2H3,(H,28,31)/t26-/m1/s1. The molecule has 0 heterocycles. The molecule has 0 radical (unpaired) electrons. The lowest BCUT2D eigenvalue weighted by molar-refractivity contribution is -0.143. The van der Waals surface area contributed by atoms with Crippen molar-refractivity contribution < 1.29 is 19.1 Å². The number of amides is 2. The zero-order valence-corrected chi connectivity index (χ0v) is 19.1. The maximum absolute atomic E-state index is 13.4. The zero-order valence-electron chi connectivity index (χ0n) is 19.1. The number of methoxy groups -OCH3 is 1. The molecule has 0 aromatic heterocycles. The van der Waals surface area contributed by atoms with Crippen LogP contribution in [0.15, 0.2) is 84.9 Å². The summed E-state index contributed by atoms with van der Waals surface area (Å²) in [5.74, 6) is 0.825. The van der Waals surface area contributed by atoms with E-state index in [1.165, 1.54) is 0 Å². The van der Waals surface area contributed by atoms with Crippen molar-refractivity contribution in [1.82, 2.24) is 10.2 Å². The van der Waals surface area contributed by atoms with Crippen LogP contribution in [0.4, 0.5) is 0 Å². The normalized spacial score (nSPS) is 11.3. The third-order valence-corrected chi connectivity index (χ3v) is 5.16. The highest BCUT2D eigenvalue weighted by molar-refractivity contribution is 5.89. The number of nitrogens with zero attached hydrogens (tertiary/aromatic N) is 1. The summed E-state index contributed by atoms with van der Waals surface area (Å²) in [4.78, 5) is 28.3. The Morgan fingerprint density at radius 2 is 1.52 bits per heavy atom. The highest BCUT2D eigenvalue weighted by atomic mass is 16.5. The quantitative estimate of drug-likeness (QED) is 0.475. The summed E-state index contributed by atoms with van der Waals surface area (Å²) < 4.78 is 11.0. The first kappa shape index (κ1) is 23.9. The topological polar surface area (TPSA) is 67.9 Å². The Bertz CT molecular complexity index is 1010. The predicted molar refractivity (Wildman–Crippen MR) is 128 cm³/mol. The van der Waals surface area contributed by atoms with E-state index < -0.39 is 6.04 Å². The van der Waals surface area contributed by atoms with Crippen LogP contribution >= 0.6 is 0 Å². The maximum Gasteiger partial charge on any atom is 0.261 e. The molecule has 0 bridgehead atoms. The summed E-state index contributed by atoms with van der Waals surface area (Å²) in [6.07, 6.45) is 0.802. The molecule has 1 atom stereocenters. The molecule has 6 heteroatoms. The second-order valence-electron chi connectivity index (χ2n) is 7.58. The number of ether oxygens (including phenoxy) is 2. The number of carbonyl (C=O) groups excluding carboxylic acids is 2. The average Bonchev–Trinajstić information content (AvgIpc) is 2.87. The van der Waals surface area contributed by atoms with E-state index >= 15 is 0 Å². The molecular formula is C27H30N2O4. The number of nitrogens with one attached hydrogen (secondary N) is 1. The van der Waals surface area contributed by atoms with Gasteiger partial charge in [0.2, 0.25) is 5.91 Å². The van der Waals surface area contributed by atoms with Crippen molar-refractivity contribution in [3.05, 3.63) is 96.1 Å². The molecule has 2 amide bonds. The van der Waals surface area contributed by atoms with E-state index in [9.17, 15) is 9.59 Å². The number of benzene rings is 3. The molecule has 0 aliphatic rings. The molecule has 3 aromatic rings. The predicted octanol–water partition coefficient (Wildman–Crippen LogP) is 4.37. The molecule has 6 nitrogen and oxygen atoms in total. The molecule has 172 valence electrons. The van der Waals surface area contributed by atoms with Gasteiger partial charge < -0.3 is 19.7 Å². The Balaban J connectivity index is 1.91. The Labute approximate surface area is 195 Å². The van der Waals surface area contributed by atoms with Gasteiger partial charge in [-0.15, -0.1) is 0 Å². The minimum Gasteiger partial charge on any atom is -0.497 e. The van der Waals surface area contributed by atoms with Gasteiger partial charge in [-0.05, 0) is 41.8 Å². The van der Waals surface area contributed by atoms with E-state index in [1.807, 2.05) is 79.7 Å². The molecule has 0 unspecified atom stereocenters. The van der Waals surface area contributed by atoms with E-state index in [-0.39, 0.29) is 25.0 Å². The third-order valence-electron chi connectivity index (χ3n) is 5.16. The number of hydrogen-bond acceptors (Lipinski definition) is 4. The Hall–Kier alpha value is -3.80. The van der Waals surface area contributed by atoms with Crippen molar-refractivity contribution in [3.63, 3.8) is 0 Å². The lowest BCUT2D eigenvalue weighted by Crippen LogP contribution is -2.45. The van der Waals surface area contributed by atoms with Gasteiger partial charge in [0, 0.05) is 13.1 Å². The zero-order chi connectivity index (χ0) is 23.5. The van der Waals surface area contributed by atoms with Gasteiger partial charge in [0.1, 0.15) is 17.5 Å². The molecule has 3 rings (SSSR count). The molecule has 0 saturated carbocycles. The minimum atomic E-state index is -0.785. The summed E-state index contributed by atoms with van der Waals surface area (Å²) in [5, 5.41) is 2.95. The van der Waals surface area contributed by atoms with Gasteiger partial charge in [0.15, 0.2) is 6.61 Å². The molecule has 1 N–H and O–H groups in total. The van der Waals surface area contributed by atoms with Crippen LogP contribution in [0.2, 0.25) is 0 Å². The third kappa shape index (κ3) is 6.84. The van der Waals surface area contributed by atoms with Gasteiger partial charge in [0.25, 0.3) is 5.91 Å². The molecule has 0 aliphatic carbocycles. The summed E-state index contributed by atoms with van der Waals surface area (Å²) in [7, 11) is 1.61. The van der Waals surface area contributed by atoms with E-state index in [0.29, 0.717) is 12.3 Å². The van der Waals surface area contributed by atoms with Crippen LogP contribution in [-0.4, -0.2) is 37.0 Å². The average molecular weight is 447 g/mol. The minimum absolute atomic E-state index is 0.176. The number of carbonyl (C=O) groups is 2. The van der Waals surface area contributed by atoms with Gasteiger partial charge >= 0.3 is 0 Å². The van der Waals surface area contributed by atoms with Crippen LogP contribution in [0.5, 0.6) is 11.5 Å². The monoisotopic (exact) mass is 446 g/mol. The van der Waals surface area contributed by atoms with Gasteiger partial charge in [-0.25, -0.2) is 0 Å². The van der Waals surface area contributed by atoms with E-state index in [0.717, 1.165) is 23.3 Å². The van der Waals surface area contributed by atoms with Crippen molar-refractivity contribution in [3.8, 4) is 11.5 Å². The first-order valence-corrected chi connectivity index (χ1v) is 11.0.